The minimum absolute atomic E-state index is 0.0697. The van der Waals surface area contributed by atoms with Crippen molar-refractivity contribution < 1.29 is 17.7 Å². The molecular formula is C17H18N4O4S. The number of hydrogen-bond acceptors (Lipinski definition) is 7. The summed E-state index contributed by atoms with van der Waals surface area (Å²) in [6.07, 6.45) is 1.41. The number of methoxy groups -OCH3 is 1. The summed E-state index contributed by atoms with van der Waals surface area (Å²) in [7, 11) is -2.38. The second-order valence-electron chi connectivity index (χ2n) is 5.64. The Bertz CT molecular complexity index is 1010. The van der Waals surface area contributed by atoms with Gasteiger partial charge in [0.05, 0.1) is 19.0 Å². The molecule has 0 radical (unpaired) electrons. The first kappa shape index (κ1) is 17.7. The van der Waals surface area contributed by atoms with Gasteiger partial charge in [0.15, 0.2) is 5.82 Å². The number of anilines is 3. The van der Waals surface area contributed by atoms with E-state index in [-0.39, 0.29) is 10.6 Å². The monoisotopic (exact) mass is 374 g/mol. The van der Waals surface area contributed by atoms with Crippen LogP contribution in [0.25, 0.3) is 0 Å². The highest BCUT2D eigenvalue weighted by Crippen LogP contribution is 2.27. The Hall–Kier alpha value is -3.07. The van der Waals surface area contributed by atoms with Crippen molar-refractivity contribution in [3.63, 3.8) is 0 Å². The van der Waals surface area contributed by atoms with E-state index in [1.807, 2.05) is 6.92 Å². The number of rotatable bonds is 6. The van der Waals surface area contributed by atoms with E-state index >= 15 is 0 Å². The molecule has 3 aromatic rings. The molecular weight excluding hydrogens is 356 g/mol. The zero-order valence-corrected chi connectivity index (χ0v) is 15.3. The maximum atomic E-state index is 12.7. The van der Waals surface area contributed by atoms with Gasteiger partial charge in [0, 0.05) is 6.07 Å². The molecule has 0 saturated carbocycles. The van der Waals surface area contributed by atoms with E-state index in [9.17, 15) is 8.42 Å². The summed E-state index contributed by atoms with van der Waals surface area (Å²) in [5.74, 6) is 1.97. The molecule has 0 bridgehead atoms. The van der Waals surface area contributed by atoms with Crippen molar-refractivity contribution >= 4 is 27.3 Å². The summed E-state index contributed by atoms with van der Waals surface area (Å²) in [4.78, 5) is 4.24. The van der Waals surface area contributed by atoms with Crippen LogP contribution in [-0.4, -0.2) is 25.7 Å². The van der Waals surface area contributed by atoms with Crippen LogP contribution in [0.1, 0.15) is 11.3 Å². The highest BCUT2D eigenvalue weighted by atomic mass is 32.2. The van der Waals surface area contributed by atoms with Crippen LogP contribution < -0.4 is 14.8 Å². The summed E-state index contributed by atoms with van der Waals surface area (Å²) in [5.41, 5.74) is 1.14. The topological polar surface area (TPSA) is 106 Å². The van der Waals surface area contributed by atoms with Crippen LogP contribution in [-0.2, 0) is 10.0 Å². The van der Waals surface area contributed by atoms with Crippen molar-refractivity contribution in [2.45, 2.75) is 18.7 Å². The molecule has 1 aromatic carbocycles. The number of aromatic nitrogens is 2. The van der Waals surface area contributed by atoms with Crippen molar-refractivity contribution in [3.8, 4) is 5.75 Å². The molecule has 26 heavy (non-hydrogen) atoms. The third kappa shape index (κ3) is 3.94. The first-order valence-electron chi connectivity index (χ1n) is 7.71. The number of pyridine rings is 1. The summed E-state index contributed by atoms with van der Waals surface area (Å²) < 4.78 is 37.9. The number of nitrogens with zero attached hydrogens (tertiary/aromatic N) is 2. The number of nitrogens with one attached hydrogen (secondary N) is 2. The highest BCUT2D eigenvalue weighted by molar-refractivity contribution is 7.92. The molecule has 0 fully saturated rings. The predicted molar refractivity (Wildman–Crippen MR) is 97.3 cm³/mol. The van der Waals surface area contributed by atoms with Crippen LogP contribution in [0.3, 0.4) is 0 Å². The zero-order valence-electron chi connectivity index (χ0n) is 14.5. The minimum Gasteiger partial charge on any atom is -0.495 e. The lowest BCUT2D eigenvalue weighted by Crippen LogP contribution is -2.14. The lowest BCUT2D eigenvalue weighted by atomic mass is 10.2. The molecule has 0 amide bonds. The SMILES string of the molecule is COc1ccc(C)cc1S(=O)(=O)Nc1ccc(Nc2cc(C)on2)nc1. The van der Waals surface area contributed by atoms with E-state index in [2.05, 4.69) is 20.2 Å². The van der Waals surface area contributed by atoms with Crippen LogP contribution in [0.15, 0.2) is 52.0 Å². The molecule has 8 nitrogen and oxygen atoms in total. The molecule has 136 valence electrons. The van der Waals surface area contributed by atoms with Gasteiger partial charge in [-0.15, -0.1) is 0 Å². The quantitative estimate of drug-likeness (QED) is 0.682. The summed E-state index contributed by atoms with van der Waals surface area (Å²) in [6, 6.07) is 9.91. The van der Waals surface area contributed by atoms with Crippen LogP contribution in [0.5, 0.6) is 5.75 Å². The maximum absolute atomic E-state index is 12.7. The normalized spacial score (nSPS) is 11.2. The van der Waals surface area contributed by atoms with Crippen LogP contribution >= 0.6 is 0 Å². The Kier molecular flexibility index (Phi) is 4.81. The summed E-state index contributed by atoms with van der Waals surface area (Å²) in [6.45, 7) is 3.59. The number of sulfonamides is 1. The Balaban J connectivity index is 1.79. The van der Waals surface area contributed by atoms with Gasteiger partial charge >= 0.3 is 0 Å². The molecule has 0 aliphatic heterocycles. The molecule has 0 unspecified atom stereocenters. The Morgan fingerprint density at radius 1 is 1.08 bits per heavy atom. The number of hydrogen-bond donors (Lipinski definition) is 2. The highest BCUT2D eigenvalue weighted by Gasteiger charge is 2.20. The van der Waals surface area contributed by atoms with E-state index in [1.54, 1.807) is 43.3 Å². The molecule has 2 aromatic heterocycles. The first-order chi connectivity index (χ1) is 12.4. The van der Waals surface area contributed by atoms with E-state index < -0.39 is 10.0 Å². The maximum Gasteiger partial charge on any atom is 0.265 e. The van der Waals surface area contributed by atoms with Gasteiger partial charge in [0.25, 0.3) is 10.0 Å². The van der Waals surface area contributed by atoms with E-state index in [0.29, 0.717) is 23.1 Å². The smallest absolute Gasteiger partial charge is 0.265 e. The second-order valence-corrected chi connectivity index (χ2v) is 7.29. The Labute approximate surface area is 151 Å². The first-order valence-corrected chi connectivity index (χ1v) is 9.19. The molecule has 3 rings (SSSR count). The van der Waals surface area contributed by atoms with Crippen LogP contribution in [0.4, 0.5) is 17.3 Å². The van der Waals surface area contributed by atoms with Gasteiger partial charge in [-0.2, -0.15) is 0 Å². The lowest BCUT2D eigenvalue weighted by Gasteiger charge is -2.12. The fraction of sp³-hybridized carbons (Fsp3) is 0.176. The average molecular weight is 374 g/mol. The van der Waals surface area contributed by atoms with Gasteiger partial charge in [-0.25, -0.2) is 13.4 Å². The van der Waals surface area contributed by atoms with Crippen molar-refractivity contribution in [3.05, 3.63) is 53.9 Å². The predicted octanol–water partition coefficient (Wildman–Crippen LogP) is 3.24. The molecule has 0 aliphatic rings. The van der Waals surface area contributed by atoms with Crippen molar-refractivity contribution in [1.29, 1.82) is 0 Å². The van der Waals surface area contributed by atoms with Crippen LogP contribution in [0.2, 0.25) is 0 Å². The average Bonchev–Trinajstić information content (AvgIpc) is 3.01. The van der Waals surface area contributed by atoms with Gasteiger partial charge in [-0.05, 0) is 43.7 Å². The van der Waals surface area contributed by atoms with Gasteiger partial charge in [0.2, 0.25) is 0 Å². The standard InChI is InChI=1S/C17H18N4O4S/c1-11-4-6-14(24-3)15(8-11)26(22,23)21-13-5-7-16(18-10-13)19-17-9-12(2)25-20-17/h4-10,21H,1-3H3,(H,18,19,20). The van der Waals surface area contributed by atoms with Crippen molar-refractivity contribution in [1.82, 2.24) is 10.1 Å². The Morgan fingerprint density at radius 3 is 2.50 bits per heavy atom. The molecule has 0 aliphatic carbocycles. The number of benzene rings is 1. The third-order valence-corrected chi connectivity index (χ3v) is 4.91. The largest absolute Gasteiger partial charge is 0.495 e. The second kappa shape index (κ2) is 7.04. The van der Waals surface area contributed by atoms with E-state index in [4.69, 9.17) is 9.26 Å². The minimum atomic E-state index is -3.81. The van der Waals surface area contributed by atoms with Gasteiger partial charge < -0.3 is 14.6 Å². The van der Waals surface area contributed by atoms with Gasteiger partial charge in [-0.1, -0.05) is 11.2 Å². The van der Waals surface area contributed by atoms with E-state index in [0.717, 1.165) is 5.56 Å². The summed E-state index contributed by atoms with van der Waals surface area (Å²) in [5, 5.41) is 6.77. The van der Waals surface area contributed by atoms with E-state index in [1.165, 1.54) is 13.3 Å². The summed E-state index contributed by atoms with van der Waals surface area (Å²) >= 11 is 0. The van der Waals surface area contributed by atoms with Crippen molar-refractivity contribution in [2.75, 3.05) is 17.1 Å². The molecule has 0 saturated heterocycles. The fourth-order valence-corrected chi connectivity index (χ4v) is 3.59. The zero-order chi connectivity index (χ0) is 18.7. The molecule has 0 atom stereocenters. The fourth-order valence-electron chi connectivity index (χ4n) is 2.29. The molecule has 2 N–H and O–H groups in total. The molecule has 0 spiro atoms. The molecule has 9 heteroatoms. The lowest BCUT2D eigenvalue weighted by molar-refractivity contribution is 0.400. The van der Waals surface area contributed by atoms with Crippen molar-refractivity contribution in [2.24, 2.45) is 0 Å². The number of aryl methyl sites for hydroxylation is 2. The van der Waals surface area contributed by atoms with Crippen LogP contribution in [0, 0.1) is 13.8 Å². The molecule has 2 heterocycles. The third-order valence-electron chi connectivity index (χ3n) is 3.51. The van der Waals surface area contributed by atoms with Gasteiger partial charge in [0.1, 0.15) is 22.2 Å². The van der Waals surface area contributed by atoms with Gasteiger partial charge in [-0.3, -0.25) is 4.72 Å². The Morgan fingerprint density at radius 2 is 1.88 bits per heavy atom. The number of ether oxygens (including phenoxy) is 1.